The van der Waals surface area contributed by atoms with Crippen molar-refractivity contribution in [2.24, 2.45) is 5.41 Å². The Hall–Kier alpha value is -2.50. The number of benzene rings is 1. The Labute approximate surface area is 175 Å². The van der Waals surface area contributed by atoms with Crippen molar-refractivity contribution in [2.45, 2.75) is 32.8 Å². The van der Waals surface area contributed by atoms with E-state index in [1.807, 2.05) is 0 Å². The molecule has 0 saturated carbocycles. The third-order valence-electron chi connectivity index (χ3n) is 4.44. The van der Waals surface area contributed by atoms with Crippen molar-refractivity contribution in [2.75, 3.05) is 25.5 Å². The average Bonchev–Trinajstić information content (AvgIpc) is 2.68. The van der Waals surface area contributed by atoms with Crippen LogP contribution in [0, 0.1) is 5.41 Å². The minimum absolute atomic E-state index is 0.0974. The molecule has 30 heavy (non-hydrogen) atoms. The van der Waals surface area contributed by atoms with Crippen LogP contribution in [-0.2, 0) is 28.6 Å². The van der Waals surface area contributed by atoms with E-state index in [-0.39, 0.29) is 24.4 Å². The summed E-state index contributed by atoms with van der Waals surface area (Å²) >= 11 is 0. The van der Waals surface area contributed by atoms with E-state index < -0.39 is 52.0 Å². The van der Waals surface area contributed by atoms with Gasteiger partial charge in [-0.25, -0.2) is 9.59 Å². The summed E-state index contributed by atoms with van der Waals surface area (Å²) in [5.74, 6) is -3.23. The maximum absolute atomic E-state index is 12.1. The first-order valence-corrected chi connectivity index (χ1v) is 10.7. The fourth-order valence-electron chi connectivity index (χ4n) is 2.30. The summed E-state index contributed by atoms with van der Waals surface area (Å²) in [5, 5.41) is 22.7. The number of rotatable bonds is 12. The second-order valence-corrected chi connectivity index (χ2v) is 9.11. The van der Waals surface area contributed by atoms with Crippen molar-refractivity contribution >= 4 is 28.0 Å². The monoisotopic (exact) mass is 445 g/mol. The van der Waals surface area contributed by atoms with Crippen LogP contribution in [0.4, 0.5) is 0 Å². The minimum atomic E-state index is -4.04. The van der Waals surface area contributed by atoms with Crippen LogP contribution in [0.15, 0.2) is 30.3 Å². The molecule has 1 aromatic rings. The smallest absolute Gasteiger partial charge is 0.339 e. The number of ether oxygens (including phenoxy) is 1. The van der Waals surface area contributed by atoms with Crippen molar-refractivity contribution in [1.29, 1.82) is 0 Å². The highest BCUT2D eigenvalue weighted by atomic mass is 32.2. The van der Waals surface area contributed by atoms with Crippen LogP contribution >= 0.6 is 0 Å². The highest BCUT2D eigenvalue weighted by molar-refractivity contribution is 7.86. The molecule has 0 heterocycles. The van der Waals surface area contributed by atoms with Gasteiger partial charge in [-0.15, -0.1) is 0 Å². The number of hydrogen-bond donors (Lipinski definition) is 3. The Bertz CT molecular complexity index is 852. The lowest BCUT2D eigenvalue weighted by molar-refractivity contribution is -0.183. The van der Waals surface area contributed by atoms with Crippen molar-refractivity contribution in [3.05, 3.63) is 35.9 Å². The van der Waals surface area contributed by atoms with Gasteiger partial charge in [-0.3, -0.25) is 8.98 Å². The maximum atomic E-state index is 12.1. The molecule has 1 aromatic carbocycles. The first-order chi connectivity index (χ1) is 13.8. The van der Waals surface area contributed by atoms with Gasteiger partial charge in [0.05, 0.1) is 17.9 Å². The van der Waals surface area contributed by atoms with E-state index in [0.29, 0.717) is 0 Å². The summed E-state index contributed by atoms with van der Waals surface area (Å²) in [4.78, 5) is 34.6. The second-order valence-electron chi connectivity index (χ2n) is 7.35. The number of amides is 1. The minimum Gasteiger partial charge on any atom is -0.479 e. The van der Waals surface area contributed by atoms with Crippen LogP contribution in [0.5, 0.6) is 0 Å². The number of aliphatic hydroxyl groups is 1. The first kappa shape index (κ1) is 25.5. The van der Waals surface area contributed by atoms with Gasteiger partial charge in [0.25, 0.3) is 10.1 Å². The standard InChI is InChI=1S/C19H27NO9S/c1-14(21)20-10-7-11-30(26,27)29-12-18(2,3)19(25,17(23)24)13-28-16(22)15-8-5-4-6-9-15/h4-6,8-9,25H,7,10-13H2,1-3H3,(H,20,21)(H,23,24)/t19-/m1/s1. The average molecular weight is 445 g/mol. The highest BCUT2D eigenvalue weighted by Crippen LogP contribution is 2.33. The fourth-order valence-corrected chi connectivity index (χ4v) is 3.39. The third kappa shape index (κ3) is 7.39. The van der Waals surface area contributed by atoms with Crippen LogP contribution in [0.1, 0.15) is 37.6 Å². The van der Waals surface area contributed by atoms with Gasteiger partial charge in [-0.2, -0.15) is 8.42 Å². The van der Waals surface area contributed by atoms with E-state index in [0.717, 1.165) is 0 Å². The zero-order valence-electron chi connectivity index (χ0n) is 17.1. The molecule has 1 atom stereocenters. The predicted octanol–water partition coefficient (Wildman–Crippen LogP) is 0.558. The van der Waals surface area contributed by atoms with E-state index in [1.165, 1.54) is 32.9 Å². The Morgan fingerprint density at radius 2 is 1.70 bits per heavy atom. The summed E-state index contributed by atoms with van der Waals surface area (Å²) < 4.78 is 33.9. The summed E-state index contributed by atoms with van der Waals surface area (Å²) in [6.45, 7) is 2.42. The summed E-state index contributed by atoms with van der Waals surface area (Å²) in [6, 6.07) is 7.79. The molecule has 0 saturated heterocycles. The number of carboxylic acids is 1. The lowest BCUT2D eigenvalue weighted by atomic mass is 9.76. The molecule has 0 aliphatic rings. The first-order valence-electron chi connectivity index (χ1n) is 9.10. The summed E-state index contributed by atoms with van der Waals surface area (Å²) in [6.07, 6.45) is 0.0974. The molecule has 0 spiro atoms. The number of nitrogens with one attached hydrogen (secondary N) is 1. The van der Waals surface area contributed by atoms with Crippen LogP contribution in [0.25, 0.3) is 0 Å². The summed E-state index contributed by atoms with van der Waals surface area (Å²) in [5.41, 5.74) is -4.08. The molecule has 10 nitrogen and oxygen atoms in total. The number of esters is 1. The van der Waals surface area contributed by atoms with Gasteiger partial charge in [0.2, 0.25) is 11.5 Å². The highest BCUT2D eigenvalue weighted by Gasteiger charge is 2.52. The molecule has 0 aliphatic carbocycles. The van der Waals surface area contributed by atoms with Crippen LogP contribution in [0.2, 0.25) is 0 Å². The van der Waals surface area contributed by atoms with Gasteiger partial charge >= 0.3 is 11.9 Å². The van der Waals surface area contributed by atoms with Gasteiger partial charge in [0.15, 0.2) is 0 Å². The molecule has 11 heteroatoms. The molecular weight excluding hydrogens is 418 g/mol. The van der Waals surface area contributed by atoms with E-state index in [1.54, 1.807) is 18.2 Å². The Morgan fingerprint density at radius 3 is 2.23 bits per heavy atom. The lowest BCUT2D eigenvalue weighted by Crippen LogP contribution is -2.57. The molecule has 0 unspecified atom stereocenters. The molecule has 0 radical (unpaired) electrons. The van der Waals surface area contributed by atoms with Crippen molar-refractivity contribution < 1.29 is 41.9 Å². The Balaban J connectivity index is 2.76. The van der Waals surface area contributed by atoms with E-state index in [2.05, 4.69) is 5.32 Å². The molecule has 0 fully saturated rings. The van der Waals surface area contributed by atoms with E-state index >= 15 is 0 Å². The summed E-state index contributed by atoms with van der Waals surface area (Å²) in [7, 11) is -4.04. The second kappa shape index (κ2) is 10.5. The number of carbonyl (C=O) groups is 3. The number of hydrogen-bond acceptors (Lipinski definition) is 8. The van der Waals surface area contributed by atoms with Crippen molar-refractivity contribution in [3.8, 4) is 0 Å². The van der Waals surface area contributed by atoms with Crippen molar-refractivity contribution in [3.63, 3.8) is 0 Å². The number of carbonyl (C=O) groups excluding carboxylic acids is 2. The lowest BCUT2D eigenvalue weighted by Gasteiger charge is -2.38. The van der Waals surface area contributed by atoms with Gasteiger partial charge in [0, 0.05) is 18.9 Å². The maximum Gasteiger partial charge on any atom is 0.339 e. The Kier molecular flexibility index (Phi) is 8.94. The quantitative estimate of drug-likeness (QED) is 0.237. The van der Waals surface area contributed by atoms with E-state index in [4.69, 9.17) is 8.92 Å². The molecule has 0 aromatic heterocycles. The zero-order chi connectivity index (χ0) is 23.0. The van der Waals surface area contributed by atoms with Gasteiger partial charge in [-0.1, -0.05) is 32.0 Å². The topological polar surface area (TPSA) is 156 Å². The van der Waals surface area contributed by atoms with Crippen molar-refractivity contribution in [1.82, 2.24) is 5.32 Å². The SMILES string of the molecule is CC(=O)NCCCS(=O)(=O)OCC(C)(C)[C@@](O)(COC(=O)c1ccccc1)C(=O)O. The van der Waals surface area contributed by atoms with Crippen LogP contribution < -0.4 is 5.32 Å². The molecule has 168 valence electrons. The largest absolute Gasteiger partial charge is 0.479 e. The van der Waals surface area contributed by atoms with Gasteiger partial charge in [0.1, 0.15) is 6.61 Å². The molecular formula is C19H27NO9S. The van der Waals surface area contributed by atoms with Crippen LogP contribution in [-0.4, -0.2) is 67.6 Å². The zero-order valence-corrected chi connectivity index (χ0v) is 17.9. The molecule has 3 N–H and O–H groups in total. The molecule has 0 aliphatic heterocycles. The molecule has 1 amide bonds. The normalized spacial score (nSPS) is 13.9. The van der Waals surface area contributed by atoms with Gasteiger partial charge in [-0.05, 0) is 18.6 Å². The fraction of sp³-hybridized carbons (Fsp3) is 0.526. The molecule has 0 bridgehead atoms. The third-order valence-corrected chi connectivity index (χ3v) is 5.71. The van der Waals surface area contributed by atoms with Gasteiger partial charge < -0.3 is 20.3 Å². The Morgan fingerprint density at radius 1 is 1.10 bits per heavy atom. The predicted molar refractivity (Wildman–Crippen MR) is 106 cm³/mol. The van der Waals surface area contributed by atoms with Crippen LogP contribution in [0.3, 0.4) is 0 Å². The number of aliphatic carboxylic acids is 1. The van der Waals surface area contributed by atoms with E-state index in [9.17, 15) is 33.0 Å². The number of carboxylic acid groups (broad SMARTS) is 1. The molecule has 1 rings (SSSR count).